The number of carbonyl (C=O) groups is 1. The number of rotatable bonds is 6. The van der Waals surface area contributed by atoms with E-state index in [0.717, 1.165) is 18.2 Å². The van der Waals surface area contributed by atoms with E-state index < -0.39 is 45.7 Å². The average Bonchev–Trinajstić information content (AvgIpc) is 3.24. The Bertz CT molecular complexity index is 1590. The molecule has 1 amide bonds. The molecule has 0 bridgehead atoms. The van der Waals surface area contributed by atoms with Gasteiger partial charge in [0.05, 0.1) is 16.7 Å². The van der Waals surface area contributed by atoms with E-state index in [1.165, 1.54) is 19.1 Å². The molecule has 2 aromatic heterocycles. The third-order valence-electron chi connectivity index (χ3n) is 5.19. The van der Waals surface area contributed by atoms with Crippen molar-refractivity contribution in [2.75, 3.05) is 5.32 Å². The second kappa shape index (κ2) is 9.52. The lowest BCUT2D eigenvalue weighted by Gasteiger charge is -2.20. The molecule has 38 heavy (non-hydrogen) atoms. The summed E-state index contributed by atoms with van der Waals surface area (Å²) in [7, 11) is 0. The summed E-state index contributed by atoms with van der Waals surface area (Å²) in [5.74, 6) is -6.08. The predicted molar refractivity (Wildman–Crippen MR) is 125 cm³/mol. The second-order valence-electron chi connectivity index (χ2n) is 8.09. The summed E-state index contributed by atoms with van der Waals surface area (Å²) < 4.78 is 73.1. The summed E-state index contributed by atoms with van der Waals surface area (Å²) in [6.45, 7) is 2.92. The monoisotopic (exact) mass is 555 g/mol. The van der Waals surface area contributed by atoms with Crippen molar-refractivity contribution in [3.05, 3.63) is 86.3 Å². The van der Waals surface area contributed by atoms with Crippen molar-refractivity contribution in [2.45, 2.75) is 25.9 Å². The number of nitro groups is 1. The molecule has 1 N–H and O–H groups in total. The maximum Gasteiger partial charge on any atom is 0.459 e. The van der Waals surface area contributed by atoms with Gasteiger partial charge in [-0.15, -0.1) is 0 Å². The minimum Gasteiger partial charge on any atom is -0.457 e. The van der Waals surface area contributed by atoms with E-state index in [2.05, 4.69) is 15.4 Å². The van der Waals surface area contributed by atoms with E-state index in [9.17, 15) is 36.9 Å². The molecule has 0 fully saturated rings. The lowest BCUT2D eigenvalue weighted by Crippen LogP contribution is -2.36. The number of anilines is 1. The van der Waals surface area contributed by atoms with E-state index in [4.69, 9.17) is 16.3 Å². The highest BCUT2D eigenvalue weighted by Crippen LogP contribution is 2.44. The zero-order valence-electron chi connectivity index (χ0n) is 19.3. The number of aryl methyl sites for hydroxylation is 2. The highest BCUT2D eigenvalue weighted by molar-refractivity contribution is 6.31. The largest absolute Gasteiger partial charge is 0.459 e. The summed E-state index contributed by atoms with van der Waals surface area (Å²) in [5.41, 5.74) is -2.61. The van der Waals surface area contributed by atoms with Gasteiger partial charge in [-0.2, -0.15) is 27.1 Å². The third-order valence-corrected chi connectivity index (χ3v) is 5.61. The van der Waals surface area contributed by atoms with Crippen LogP contribution in [0.5, 0.6) is 11.5 Å². The van der Waals surface area contributed by atoms with Crippen LogP contribution in [0, 0.1) is 24.0 Å². The van der Waals surface area contributed by atoms with Crippen LogP contribution in [-0.4, -0.2) is 31.6 Å². The number of fused-ring (bicyclic) bond motifs is 1. The lowest BCUT2D eigenvalue weighted by atomic mass is 10.2. The molecule has 0 aliphatic heterocycles. The standard InChI is InChI=1S/C23H15ClF5N5O4/c1-11-5-15(3-4-17(11)24)38-16-8-13(7-14(9-16)34(36)37)31-21(35)18-10-20-30-12(2)6-19(33(20)32-18)22(25,26)23(27,28)29/h3-10H,1-2H3,(H,31,35). The Morgan fingerprint density at radius 2 is 1.76 bits per heavy atom. The zero-order chi connectivity index (χ0) is 28.0. The van der Waals surface area contributed by atoms with E-state index in [0.29, 0.717) is 22.4 Å². The van der Waals surface area contributed by atoms with Gasteiger partial charge in [0.25, 0.3) is 11.6 Å². The van der Waals surface area contributed by atoms with Gasteiger partial charge in [-0.05, 0) is 43.7 Å². The minimum atomic E-state index is -5.93. The molecule has 2 aromatic carbocycles. The van der Waals surface area contributed by atoms with Crippen molar-refractivity contribution in [1.29, 1.82) is 0 Å². The van der Waals surface area contributed by atoms with Gasteiger partial charge in [-0.3, -0.25) is 14.9 Å². The number of alkyl halides is 5. The highest BCUT2D eigenvalue weighted by atomic mass is 35.5. The molecule has 0 saturated heterocycles. The summed E-state index contributed by atoms with van der Waals surface area (Å²) in [6.07, 6.45) is -5.93. The van der Waals surface area contributed by atoms with Gasteiger partial charge >= 0.3 is 12.1 Å². The maximum atomic E-state index is 14.1. The highest BCUT2D eigenvalue weighted by Gasteiger charge is 2.60. The number of nitrogens with one attached hydrogen (secondary N) is 1. The number of halogens is 6. The van der Waals surface area contributed by atoms with Crippen molar-refractivity contribution in [3.8, 4) is 11.5 Å². The number of nitro benzene ring substituents is 1. The van der Waals surface area contributed by atoms with Gasteiger partial charge in [0.2, 0.25) is 0 Å². The molecule has 15 heteroatoms. The number of benzene rings is 2. The summed E-state index contributed by atoms with van der Waals surface area (Å²) >= 11 is 5.98. The first kappa shape index (κ1) is 26.7. The molecule has 0 spiro atoms. The number of non-ortho nitro benzene ring substituents is 1. The summed E-state index contributed by atoms with van der Waals surface area (Å²) in [4.78, 5) is 27.3. The number of carbonyl (C=O) groups excluding carboxylic acids is 1. The topological polar surface area (TPSA) is 112 Å². The van der Waals surface area contributed by atoms with Gasteiger partial charge in [0.1, 0.15) is 17.2 Å². The van der Waals surface area contributed by atoms with Gasteiger partial charge in [-0.25, -0.2) is 9.50 Å². The second-order valence-corrected chi connectivity index (χ2v) is 8.50. The number of hydrogen-bond acceptors (Lipinski definition) is 6. The van der Waals surface area contributed by atoms with Gasteiger partial charge in [0.15, 0.2) is 11.3 Å². The third kappa shape index (κ3) is 5.20. The Balaban J connectivity index is 1.68. The zero-order valence-corrected chi connectivity index (χ0v) is 20.1. The van der Waals surface area contributed by atoms with Gasteiger partial charge in [0, 0.05) is 28.9 Å². The predicted octanol–water partition coefficient (Wildman–Crippen LogP) is 6.61. The van der Waals surface area contributed by atoms with Crippen molar-refractivity contribution in [2.24, 2.45) is 0 Å². The van der Waals surface area contributed by atoms with Crippen LogP contribution in [0.2, 0.25) is 5.02 Å². The van der Waals surface area contributed by atoms with Crippen molar-refractivity contribution < 1.29 is 36.4 Å². The molecular weight excluding hydrogens is 541 g/mol. The molecule has 0 atom stereocenters. The Labute approximate surface area is 215 Å². The molecule has 4 aromatic rings. The quantitative estimate of drug-likeness (QED) is 0.163. The van der Waals surface area contributed by atoms with E-state index in [1.807, 2.05) is 0 Å². The maximum absolute atomic E-state index is 14.1. The SMILES string of the molecule is Cc1cc(C(F)(F)C(F)(F)F)n2nc(C(=O)Nc3cc(Oc4ccc(Cl)c(C)c4)cc([N+](=O)[O-])c3)cc2n1. The number of amides is 1. The van der Waals surface area contributed by atoms with Crippen LogP contribution in [0.1, 0.15) is 27.4 Å². The first-order valence-corrected chi connectivity index (χ1v) is 10.9. The Hall–Kier alpha value is -4.33. The van der Waals surface area contributed by atoms with Crippen LogP contribution in [-0.2, 0) is 5.92 Å². The van der Waals surface area contributed by atoms with Crippen LogP contribution in [0.4, 0.5) is 33.3 Å². The molecule has 0 saturated carbocycles. The molecule has 0 radical (unpaired) electrons. The molecule has 9 nitrogen and oxygen atoms in total. The van der Waals surface area contributed by atoms with Crippen LogP contribution in [0.15, 0.2) is 48.5 Å². The number of hydrogen-bond donors (Lipinski definition) is 1. The lowest BCUT2D eigenvalue weighted by molar-refractivity contribution is -0.384. The number of ether oxygens (including phenoxy) is 1. The van der Waals surface area contributed by atoms with Crippen molar-refractivity contribution >= 4 is 34.5 Å². The number of aromatic nitrogens is 3. The van der Waals surface area contributed by atoms with Gasteiger partial charge in [-0.1, -0.05) is 11.6 Å². The molecule has 4 rings (SSSR count). The molecule has 2 heterocycles. The van der Waals surface area contributed by atoms with Crippen LogP contribution < -0.4 is 10.1 Å². The molecule has 0 unspecified atom stereocenters. The summed E-state index contributed by atoms with van der Waals surface area (Å²) in [5, 5.41) is 17.8. The van der Waals surface area contributed by atoms with Crippen molar-refractivity contribution in [1.82, 2.24) is 14.6 Å². The van der Waals surface area contributed by atoms with Crippen molar-refractivity contribution in [3.63, 3.8) is 0 Å². The van der Waals surface area contributed by atoms with Crippen LogP contribution in [0.3, 0.4) is 0 Å². The number of nitrogens with zero attached hydrogens (tertiary/aromatic N) is 4. The van der Waals surface area contributed by atoms with Crippen LogP contribution >= 0.6 is 11.6 Å². The molecule has 0 aliphatic carbocycles. The fourth-order valence-corrected chi connectivity index (χ4v) is 3.53. The average molecular weight is 556 g/mol. The normalized spacial score (nSPS) is 12.0. The summed E-state index contributed by atoms with van der Waals surface area (Å²) in [6, 6.07) is 9.42. The van der Waals surface area contributed by atoms with Crippen LogP contribution in [0.25, 0.3) is 5.65 Å². The van der Waals surface area contributed by atoms with E-state index in [1.54, 1.807) is 19.1 Å². The molecule has 0 aliphatic rings. The fraction of sp³-hybridized carbons (Fsp3) is 0.174. The Morgan fingerprint density at radius 3 is 2.39 bits per heavy atom. The fourth-order valence-electron chi connectivity index (χ4n) is 3.41. The Kier molecular flexibility index (Phi) is 6.69. The first-order valence-electron chi connectivity index (χ1n) is 10.5. The first-order chi connectivity index (χ1) is 17.7. The smallest absolute Gasteiger partial charge is 0.457 e. The van der Waals surface area contributed by atoms with E-state index in [-0.39, 0.29) is 21.6 Å². The molecule has 198 valence electrons. The van der Waals surface area contributed by atoms with E-state index >= 15 is 0 Å². The Morgan fingerprint density at radius 1 is 1.05 bits per heavy atom. The molecular formula is C23H15ClF5N5O4. The minimum absolute atomic E-state index is 0.0318. The van der Waals surface area contributed by atoms with Gasteiger partial charge < -0.3 is 10.1 Å².